The molecule has 0 radical (unpaired) electrons. The third-order valence-electron chi connectivity index (χ3n) is 3.96. The molecule has 1 saturated heterocycles. The standard InChI is InChI=1S/C16H18FN3O2S/c1-4-11-14-12(9-23-15(11)10(2)17)13(18-19(14)3)16(21)20-5-7-22-8-6-20/h4H,1-2,5-9H2,3H3. The van der Waals surface area contributed by atoms with E-state index in [0.29, 0.717) is 48.2 Å². The monoisotopic (exact) mass is 335 g/mol. The topological polar surface area (TPSA) is 47.4 Å². The summed E-state index contributed by atoms with van der Waals surface area (Å²) in [6.45, 7) is 9.36. The van der Waals surface area contributed by atoms with E-state index in [1.807, 2.05) is 0 Å². The van der Waals surface area contributed by atoms with Crippen LogP contribution in [0.25, 0.3) is 5.57 Å². The molecular weight excluding hydrogens is 317 g/mol. The average Bonchev–Trinajstić information content (AvgIpc) is 2.91. The van der Waals surface area contributed by atoms with Crippen molar-refractivity contribution in [3.8, 4) is 0 Å². The molecular formula is C16H18FN3O2S. The molecule has 0 atom stereocenters. The lowest BCUT2D eigenvalue weighted by atomic mass is 10.0. The molecule has 7 heteroatoms. The summed E-state index contributed by atoms with van der Waals surface area (Å²) in [5, 5.41) is 4.40. The first-order valence-electron chi connectivity index (χ1n) is 7.32. The van der Waals surface area contributed by atoms with Gasteiger partial charge in [0, 0.05) is 37.0 Å². The average molecular weight is 335 g/mol. The summed E-state index contributed by atoms with van der Waals surface area (Å²) in [7, 11) is 1.76. The number of fused-ring (bicyclic) bond motifs is 1. The molecule has 3 heterocycles. The van der Waals surface area contributed by atoms with Crippen LogP contribution < -0.4 is 0 Å². The van der Waals surface area contributed by atoms with Gasteiger partial charge in [0.2, 0.25) is 0 Å². The third kappa shape index (κ3) is 2.74. The molecule has 0 spiro atoms. The summed E-state index contributed by atoms with van der Waals surface area (Å²) in [6.07, 6.45) is 1.59. The molecule has 0 saturated carbocycles. The molecule has 0 N–H and O–H groups in total. The van der Waals surface area contributed by atoms with Gasteiger partial charge in [0.05, 0.1) is 23.8 Å². The van der Waals surface area contributed by atoms with E-state index >= 15 is 0 Å². The molecule has 3 rings (SSSR count). The maximum atomic E-state index is 13.7. The number of ether oxygens (including phenoxy) is 1. The minimum atomic E-state index is -0.488. The predicted octanol–water partition coefficient (Wildman–Crippen LogP) is 2.52. The number of nitrogens with zero attached hydrogens (tertiary/aromatic N) is 3. The number of rotatable bonds is 3. The maximum absolute atomic E-state index is 13.7. The van der Waals surface area contributed by atoms with Crippen LogP contribution in [0.4, 0.5) is 4.39 Å². The minimum absolute atomic E-state index is 0.100. The van der Waals surface area contributed by atoms with E-state index in [-0.39, 0.29) is 5.91 Å². The highest BCUT2D eigenvalue weighted by atomic mass is 32.2. The lowest BCUT2D eigenvalue weighted by molar-refractivity contribution is 0.0298. The summed E-state index contributed by atoms with van der Waals surface area (Å²) in [6, 6.07) is 0. The van der Waals surface area contributed by atoms with E-state index in [0.717, 1.165) is 11.3 Å². The van der Waals surface area contributed by atoms with Crippen LogP contribution in [-0.2, 0) is 17.5 Å². The van der Waals surface area contributed by atoms with Crippen molar-refractivity contribution < 1.29 is 13.9 Å². The number of aryl methyl sites for hydroxylation is 1. The lowest BCUT2D eigenvalue weighted by Gasteiger charge is -2.26. The van der Waals surface area contributed by atoms with Gasteiger partial charge in [-0.25, -0.2) is 4.39 Å². The second-order valence-corrected chi connectivity index (χ2v) is 6.33. The Kier molecular flexibility index (Phi) is 4.41. The first-order chi connectivity index (χ1) is 11.0. The number of hydrogen-bond donors (Lipinski definition) is 0. The molecule has 1 aromatic rings. The maximum Gasteiger partial charge on any atom is 0.274 e. The van der Waals surface area contributed by atoms with Crippen LogP contribution in [0.3, 0.4) is 0 Å². The zero-order valence-corrected chi connectivity index (χ0v) is 13.8. The number of halogens is 1. The smallest absolute Gasteiger partial charge is 0.274 e. The minimum Gasteiger partial charge on any atom is -0.378 e. The third-order valence-corrected chi connectivity index (χ3v) is 5.12. The van der Waals surface area contributed by atoms with Crippen LogP contribution in [-0.4, -0.2) is 46.9 Å². The van der Waals surface area contributed by atoms with Gasteiger partial charge in [-0.05, 0) is 0 Å². The van der Waals surface area contributed by atoms with Crippen molar-refractivity contribution in [2.75, 3.05) is 26.3 Å². The van der Waals surface area contributed by atoms with Crippen LogP contribution in [0, 0.1) is 0 Å². The van der Waals surface area contributed by atoms with E-state index in [2.05, 4.69) is 18.3 Å². The van der Waals surface area contributed by atoms with Crippen LogP contribution in [0.2, 0.25) is 0 Å². The Balaban J connectivity index is 2.04. The Hall–Kier alpha value is -1.86. The van der Waals surface area contributed by atoms with Crippen molar-refractivity contribution in [1.29, 1.82) is 0 Å². The van der Waals surface area contributed by atoms with Gasteiger partial charge in [-0.3, -0.25) is 9.48 Å². The number of amides is 1. The Morgan fingerprint density at radius 2 is 2.13 bits per heavy atom. The van der Waals surface area contributed by atoms with Crippen molar-refractivity contribution in [2.24, 2.45) is 7.05 Å². The molecule has 23 heavy (non-hydrogen) atoms. The van der Waals surface area contributed by atoms with E-state index in [9.17, 15) is 9.18 Å². The van der Waals surface area contributed by atoms with E-state index in [1.165, 1.54) is 11.8 Å². The van der Waals surface area contributed by atoms with Gasteiger partial charge in [-0.2, -0.15) is 5.10 Å². The summed E-state index contributed by atoms with van der Waals surface area (Å²) >= 11 is 1.32. The predicted molar refractivity (Wildman–Crippen MR) is 88.6 cm³/mol. The molecule has 0 bridgehead atoms. The fourth-order valence-corrected chi connectivity index (χ4v) is 3.93. The van der Waals surface area contributed by atoms with Gasteiger partial charge in [-0.1, -0.05) is 19.2 Å². The Morgan fingerprint density at radius 1 is 1.43 bits per heavy atom. The van der Waals surface area contributed by atoms with Gasteiger partial charge in [0.1, 0.15) is 5.83 Å². The molecule has 5 nitrogen and oxygen atoms in total. The Labute approximate surface area is 138 Å². The number of allylic oxidation sites excluding steroid dienone is 3. The molecule has 2 aliphatic rings. The number of carbonyl (C=O) groups is 1. The first-order valence-corrected chi connectivity index (χ1v) is 8.30. The fraction of sp³-hybridized carbons (Fsp3) is 0.375. The zero-order valence-electron chi connectivity index (χ0n) is 13.0. The summed E-state index contributed by atoms with van der Waals surface area (Å²) in [5.74, 6) is -0.0982. The van der Waals surface area contributed by atoms with Crippen molar-refractivity contribution >= 4 is 23.2 Å². The van der Waals surface area contributed by atoms with Gasteiger partial charge in [0.25, 0.3) is 5.91 Å². The molecule has 0 unspecified atom stereocenters. The first kappa shape index (κ1) is 16.0. The zero-order chi connectivity index (χ0) is 16.6. The molecule has 0 aromatic carbocycles. The molecule has 1 fully saturated rings. The van der Waals surface area contributed by atoms with Crippen molar-refractivity contribution in [3.63, 3.8) is 0 Å². The van der Waals surface area contributed by atoms with E-state index < -0.39 is 5.83 Å². The quantitative estimate of drug-likeness (QED) is 0.852. The highest BCUT2D eigenvalue weighted by Crippen LogP contribution is 2.42. The van der Waals surface area contributed by atoms with Crippen molar-refractivity contribution in [1.82, 2.24) is 14.7 Å². The summed E-state index contributed by atoms with van der Waals surface area (Å²) < 4.78 is 20.6. The largest absolute Gasteiger partial charge is 0.378 e. The lowest BCUT2D eigenvalue weighted by Crippen LogP contribution is -2.41. The number of hydrogen-bond acceptors (Lipinski definition) is 4. The molecule has 0 aliphatic carbocycles. The second-order valence-electron chi connectivity index (χ2n) is 5.34. The summed E-state index contributed by atoms with van der Waals surface area (Å²) in [4.78, 5) is 15.0. The molecule has 1 aromatic heterocycles. The van der Waals surface area contributed by atoms with Gasteiger partial charge < -0.3 is 9.64 Å². The number of thioether (sulfide) groups is 1. The van der Waals surface area contributed by atoms with Crippen LogP contribution in [0.5, 0.6) is 0 Å². The Morgan fingerprint density at radius 3 is 2.74 bits per heavy atom. The van der Waals surface area contributed by atoms with Crippen LogP contribution >= 0.6 is 11.8 Å². The summed E-state index contributed by atoms with van der Waals surface area (Å²) in [5.41, 5.74) is 2.64. The highest BCUT2D eigenvalue weighted by molar-refractivity contribution is 8.02. The normalized spacial score (nSPS) is 17.9. The van der Waals surface area contributed by atoms with Crippen LogP contribution in [0.15, 0.2) is 30.0 Å². The van der Waals surface area contributed by atoms with Crippen molar-refractivity contribution in [2.45, 2.75) is 5.75 Å². The van der Waals surface area contributed by atoms with E-state index in [1.54, 1.807) is 22.7 Å². The number of morpholine rings is 1. The number of carbonyl (C=O) groups excluding carboxylic acids is 1. The van der Waals surface area contributed by atoms with Gasteiger partial charge >= 0.3 is 0 Å². The Bertz CT molecular complexity index is 717. The second kappa shape index (κ2) is 6.33. The van der Waals surface area contributed by atoms with Gasteiger partial charge in [0.15, 0.2) is 5.69 Å². The molecule has 2 aliphatic heterocycles. The van der Waals surface area contributed by atoms with Crippen molar-refractivity contribution in [3.05, 3.63) is 46.9 Å². The number of aromatic nitrogens is 2. The van der Waals surface area contributed by atoms with Gasteiger partial charge in [-0.15, -0.1) is 11.8 Å². The SMILES string of the molecule is C=CC1=C(C(=C)F)SCc2c(C(=O)N3CCOCC3)nn(C)c21. The highest BCUT2D eigenvalue weighted by Gasteiger charge is 2.31. The molecule has 122 valence electrons. The van der Waals surface area contributed by atoms with E-state index in [4.69, 9.17) is 4.74 Å². The fourth-order valence-electron chi connectivity index (χ4n) is 2.87. The molecule has 1 amide bonds. The van der Waals surface area contributed by atoms with Crippen LogP contribution in [0.1, 0.15) is 21.7 Å².